The van der Waals surface area contributed by atoms with Crippen LogP contribution in [0.2, 0.25) is 0 Å². The molecule has 1 unspecified atom stereocenters. The van der Waals surface area contributed by atoms with E-state index in [-0.39, 0.29) is 0 Å². The summed E-state index contributed by atoms with van der Waals surface area (Å²) in [4.78, 5) is 20.9. The lowest BCUT2D eigenvalue weighted by atomic mass is 9.96. The van der Waals surface area contributed by atoms with E-state index in [1.807, 2.05) is 42.5 Å². The van der Waals surface area contributed by atoms with Crippen LogP contribution in [0.5, 0.6) is 0 Å². The molecule has 0 saturated carbocycles. The van der Waals surface area contributed by atoms with Gasteiger partial charge in [-0.1, -0.05) is 0 Å². The molecule has 6 nitrogen and oxygen atoms in total. The van der Waals surface area contributed by atoms with Crippen LogP contribution in [-0.2, 0) is 13.6 Å². The predicted octanol–water partition coefficient (Wildman–Crippen LogP) is 3.02. The number of rotatable bonds is 4. The first kappa shape index (κ1) is 16.4. The van der Waals surface area contributed by atoms with E-state index in [9.17, 15) is 0 Å². The zero-order valence-electron chi connectivity index (χ0n) is 14.6. The molecule has 3 aromatic rings. The van der Waals surface area contributed by atoms with E-state index in [2.05, 4.69) is 20.2 Å². The summed E-state index contributed by atoms with van der Waals surface area (Å²) in [5, 5.41) is 2.13. The first-order valence-corrected chi connectivity index (χ1v) is 9.56. The third-order valence-corrected chi connectivity index (χ3v) is 5.30. The highest BCUT2D eigenvalue weighted by molar-refractivity contribution is 7.07. The molecule has 0 spiro atoms. The maximum Gasteiger partial charge on any atom is 0.158 e. The monoisotopic (exact) mass is 354 g/mol. The maximum absolute atomic E-state index is 4.86. The minimum absolute atomic E-state index is 0.367. The average molecular weight is 354 g/mol. The SMILES string of the molecule is Cc1cc(-c2nccn2C)nc(C2CCCN(Cc3cscn3)C2)n1. The highest BCUT2D eigenvalue weighted by Gasteiger charge is 2.25. The molecule has 0 N–H and O–H groups in total. The lowest BCUT2D eigenvalue weighted by Gasteiger charge is -2.31. The van der Waals surface area contributed by atoms with E-state index in [4.69, 9.17) is 9.97 Å². The van der Waals surface area contributed by atoms with Crippen molar-refractivity contribution in [1.82, 2.24) is 29.4 Å². The van der Waals surface area contributed by atoms with Crippen LogP contribution in [0.25, 0.3) is 11.5 Å². The number of aromatic nitrogens is 5. The molecule has 3 aromatic heterocycles. The molecule has 1 fully saturated rings. The molecule has 1 atom stereocenters. The van der Waals surface area contributed by atoms with Crippen molar-refractivity contribution in [1.29, 1.82) is 0 Å². The second-order valence-electron chi connectivity index (χ2n) is 6.67. The fourth-order valence-corrected chi connectivity index (χ4v) is 4.01. The smallest absolute Gasteiger partial charge is 0.158 e. The van der Waals surface area contributed by atoms with Crippen molar-refractivity contribution in [2.24, 2.45) is 7.05 Å². The highest BCUT2D eigenvalue weighted by Crippen LogP contribution is 2.27. The third kappa shape index (κ3) is 3.62. The van der Waals surface area contributed by atoms with Gasteiger partial charge in [-0.15, -0.1) is 11.3 Å². The summed E-state index contributed by atoms with van der Waals surface area (Å²) in [6.07, 6.45) is 6.06. The Morgan fingerprint density at radius 3 is 2.96 bits per heavy atom. The number of thiazole rings is 1. The van der Waals surface area contributed by atoms with Crippen molar-refractivity contribution >= 4 is 11.3 Å². The Bertz CT molecular complexity index is 841. The van der Waals surface area contributed by atoms with Gasteiger partial charge in [0.15, 0.2) is 5.82 Å². The molecule has 4 rings (SSSR count). The van der Waals surface area contributed by atoms with Crippen molar-refractivity contribution in [3.05, 3.63) is 46.6 Å². The van der Waals surface area contributed by atoms with E-state index in [1.54, 1.807) is 11.3 Å². The van der Waals surface area contributed by atoms with Crippen LogP contribution in [-0.4, -0.2) is 42.5 Å². The van der Waals surface area contributed by atoms with Crippen molar-refractivity contribution in [2.45, 2.75) is 32.2 Å². The molecule has 0 amide bonds. The van der Waals surface area contributed by atoms with Crippen molar-refractivity contribution in [3.63, 3.8) is 0 Å². The third-order valence-electron chi connectivity index (χ3n) is 4.66. The number of aryl methyl sites for hydroxylation is 2. The average Bonchev–Trinajstić information content (AvgIpc) is 3.26. The first-order valence-electron chi connectivity index (χ1n) is 8.62. The van der Waals surface area contributed by atoms with Gasteiger partial charge >= 0.3 is 0 Å². The lowest BCUT2D eigenvalue weighted by molar-refractivity contribution is 0.195. The summed E-state index contributed by atoms with van der Waals surface area (Å²) in [5.41, 5.74) is 4.97. The number of piperidine rings is 1. The summed E-state index contributed by atoms with van der Waals surface area (Å²) in [6.45, 7) is 5.05. The van der Waals surface area contributed by atoms with Gasteiger partial charge in [0.2, 0.25) is 0 Å². The van der Waals surface area contributed by atoms with E-state index in [0.29, 0.717) is 5.92 Å². The zero-order chi connectivity index (χ0) is 17.2. The fraction of sp³-hybridized carbons (Fsp3) is 0.444. The topological polar surface area (TPSA) is 59.7 Å². The Morgan fingerprint density at radius 2 is 2.20 bits per heavy atom. The van der Waals surface area contributed by atoms with Crippen LogP contribution in [0.1, 0.15) is 36.0 Å². The van der Waals surface area contributed by atoms with Gasteiger partial charge < -0.3 is 4.57 Å². The van der Waals surface area contributed by atoms with E-state index < -0.39 is 0 Å². The fourth-order valence-electron chi connectivity index (χ4n) is 3.46. The number of hydrogen-bond acceptors (Lipinski definition) is 6. The Morgan fingerprint density at radius 1 is 1.28 bits per heavy atom. The molecule has 4 heterocycles. The van der Waals surface area contributed by atoms with E-state index >= 15 is 0 Å². The van der Waals surface area contributed by atoms with Gasteiger partial charge in [-0.2, -0.15) is 0 Å². The summed E-state index contributed by atoms with van der Waals surface area (Å²) >= 11 is 1.66. The van der Waals surface area contributed by atoms with E-state index in [1.165, 1.54) is 6.42 Å². The molecule has 130 valence electrons. The summed E-state index contributed by atoms with van der Waals surface area (Å²) in [5.74, 6) is 2.20. The normalized spacial score (nSPS) is 18.6. The van der Waals surface area contributed by atoms with Gasteiger partial charge in [-0.25, -0.2) is 19.9 Å². The molecular weight excluding hydrogens is 332 g/mol. The molecule has 0 aromatic carbocycles. The van der Waals surface area contributed by atoms with Crippen LogP contribution in [0.15, 0.2) is 29.4 Å². The number of likely N-dealkylation sites (tertiary alicyclic amines) is 1. The number of imidazole rings is 1. The Balaban J connectivity index is 1.56. The van der Waals surface area contributed by atoms with Gasteiger partial charge in [-0.3, -0.25) is 4.90 Å². The minimum atomic E-state index is 0.367. The largest absolute Gasteiger partial charge is 0.333 e. The second-order valence-corrected chi connectivity index (χ2v) is 7.39. The van der Waals surface area contributed by atoms with Crippen molar-refractivity contribution in [3.8, 4) is 11.5 Å². The van der Waals surface area contributed by atoms with Crippen molar-refractivity contribution < 1.29 is 0 Å². The molecule has 0 aliphatic carbocycles. The number of nitrogens with zero attached hydrogens (tertiary/aromatic N) is 6. The first-order chi connectivity index (χ1) is 12.2. The van der Waals surface area contributed by atoms with Gasteiger partial charge in [0.25, 0.3) is 0 Å². The Hall–Kier alpha value is -2.12. The minimum Gasteiger partial charge on any atom is -0.333 e. The molecule has 7 heteroatoms. The standard InChI is InChI=1S/C18H22N6S/c1-13-8-16(18-19-5-7-23(18)2)22-17(21-13)14-4-3-6-24(9-14)10-15-11-25-12-20-15/h5,7-8,11-12,14H,3-4,6,9-10H2,1-2H3. The van der Waals surface area contributed by atoms with Crippen LogP contribution in [0, 0.1) is 6.92 Å². The summed E-state index contributed by atoms with van der Waals surface area (Å²) < 4.78 is 2.00. The van der Waals surface area contributed by atoms with E-state index in [0.717, 1.165) is 54.8 Å². The van der Waals surface area contributed by atoms with Crippen LogP contribution in [0.3, 0.4) is 0 Å². The van der Waals surface area contributed by atoms with Crippen LogP contribution >= 0.6 is 11.3 Å². The predicted molar refractivity (Wildman–Crippen MR) is 98.3 cm³/mol. The molecule has 1 aliphatic rings. The molecule has 1 saturated heterocycles. The molecular formula is C18H22N6S. The Labute approximate surface area is 151 Å². The van der Waals surface area contributed by atoms with Gasteiger partial charge in [0.1, 0.15) is 11.5 Å². The molecule has 1 aliphatic heterocycles. The highest BCUT2D eigenvalue weighted by atomic mass is 32.1. The molecule has 0 bridgehead atoms. The second kappa shape index (κ2) is 7.01. The lowest BCUT2D eigenvalue weighted by Crippen LogP contribution is -2.34. The van der Waals surface area contributed by atoms with Crippen LogP contribution in [0.4, 0.5) is 0 Å². The van der Waals surface area contributed by atoms with Crippen molar-refractivity contribution in [2.75, 3.05) is 13.1 Å². The summed E-state index contributed by atoms with van der Waals surface area (Å²) in [7, 11) is 2.00. The Kier molecular flexibility index (Phi) is 4.59. The molecule has 25 heavy (non-hydrogen) atoms. The zero-order valence-corrected chi connectivity index (χ0v) is 15.4. The van der Waals surface area contributed by atoms with Crippen LogP contribution < -0.4 is 0 Å². The summed E-state index contributed by atoms with van der Waals surface area (Å²) in [6, 6.07) is 2.02. The van der Waals surface area contributed by atoms with Gasteiger partial charge in [0.05, 0.1) is 11.2 Å². The van der Waals surface area contributed by atoms with Gasteiger partial charge in [0, 0.05) is 49.5 Å². The van der Waals surface area contributed by atoms with Gasteiger partial charge in [-0.05, 0) is 32.4 Å². The maximum atomic E-state index is 4.86. The quantitative estimate of drug-likeness (QED) is 0.721. The molecule has 0 radical (unpaired) electrons. The number of hydrogen-bond donors (Lipinski definition) is 0.